The third kappa shape index (κ3) is 5.06. The molecule has 3 aromatic rings. The predicted octanol–water partition coefficient (Wildman–Crippen LogP) is 4.48. The number of benzene rings is 2. The predicted molar refractivity (Wildman–Crippen MR) is 99.1 cm³/mol. The van der Waals surface area contributed by atoms with Crippen molar-refractivity contribution in [3.63, 3.8) is 0 Å². The molecule has 144 valence electrons. The summed E-state index contributed by atoms with van der Waals surface area (Å²) in [5.74, 6) is -0.248. The van der Waals surface area contributed by atoms with Gasteiger partial charge in [0, 0.05) is 24.6 Å². The van der Waals surface area contributed by atoms with Gasteiger partial charge in [-0.2, -0.15) is 13.2 Å². The zero-order valence-corrected chi connectivity index (χ0v) is 14.9. The summed E-state index contributed by atoms with van der Waals surface area (Å²) in [6.45, 7) is 2.33. The summed E-state index contributed by atoms with van der Waals surface area (Å²) in [7, 11) is 0. The van der Waals surface area contributed by atoms with Crippen molar-refractivity contribution in [3.8, 4) is 0 Å². The van der Waals surface area contributed by atoms with Crippen LogP contribution in [-0.2, 0) is 12.7 Å². The molecule has 0 bridgehead atoms. The van der Waals surface area contributed by atoms with Crippen molar-refractivity contribution >= 4 is 17.5 Å². The maximum atomic E-state index is 12.8. The summed E-state index contributed by atoms with van der Waals surface area (Å²) < 4.78 is 38.3. The van der Waals surface area contributed by atoms with Crippen molar-refractivity contribution in [2.45, 2.75) is 19.6 Å². The van der Waals surface area contributed by atoms with Crippen LogP contribution in [-0.4, -0.2) is 15.9 Å². The Balaban J connectivity index is 1.62. The Morgan fingerprint density at radius 1 is 1.04 bits per heavy atom. The largest absolute Gasteiger partial charge is 0.416 e. The van der Waals surface area contributed by atoms with Crippen LogP contribution in [0.4, 0.5) is 24.8 Å². The highest BCUT2D eigenvalue weighted by Crippen LogP contribution is 2.31. The Morgan fingerprint density at radius 3 is 2.43 bits per heavy atom. The van der Waals surface area contributed by atoms with E-state index >= 15 is 0 Å². The summed E-state index contributed by atoms with van der Waals surface area (Å²) in [5.41, 5.74) is 1.75. The van der Waals surface area contributed by atoms with E-state index in [4.69, 9.17) is 0 Å². The van der Waals surface area contributed by atoms with Gasteiger partial charge in [-0.25, -0.2) is 9.97 Å². The molecule has 3 rings (SSSR count). The molecule has 28 heavy (non-hydrogen) atoms. The highest BCUT2D eigenvalue weighted by Gasteiger charge is 2.30. The summed E-state index contributed by atoms with van der Waals surface area (Å²) in [6, 6.07) is 12.5. The van der Waals surface area contributed by atoms with E-state index in [1.54, 1.807) is 0 Å². The normalized spacial score (nSPS) is 11.1. The smallest absolute Gasteiger partial charge is 0.348 e. The Bertz CT molecular complexity index is 972. The van der Waals surface area contributed by atoms with Gasteiger partial charge in [0.1, 0.15) is 0 Å². The Hall–Kier alpha value is -3.42. The fourth-order valence-corrected chi connectivity index (χ4v) is 2.52. The molecule has 1 heterocycles. The first-order valence-corrected chi connectivity index (χ1v) is 8.41. The van der Waals surface area contributed by atoms with Crippen LogP contribution in [0, 0.1) is 6.92 Å². The van der Waals surface area contributed by atoms with Gasteiger partial charge in [-0.1, -0.05) is 35.9 Å². The molecule has 0 atom stereocenters. The molecule has 2 N–H and O–H groups in total. The second-order valence-electron chi connectivity index (χ2n) is 6.17. The number of halogens is 3. The third-order valence-electron chi connectivity index (χ3n) is 3.90. The van der Waals surface area contributed by atoms with Crippen LogP contribution < -0.4 is 10.6 Å². The molecule has 0 unspecified atom stereocenters. The van der Waals surface area contributed by atoms with E-state index in [2.05, 4.69) is 20.6 Å². The number of carbonyl (C=O) groups is 1. The van der Waals surface area contributed by atoms with Gasteiger partial charge in [-0.15, -0.1) is 0 Å². The number of rotatable bonds is 5. The molecule has 8 heteroatoms. The zero-order valence-electron chi connectivity index (χ0n) is 14.9. The number of hydrogen-bond donors (Lipinski definition) is 2. The zero-order chi connectivity index (χ0) is 20.1. The van der Waals surface area contributed by atoms with Gasteiger partial charge in [0.25, 0.3) is 5.91 Å². The van der Waals surface area contributed by atoms with E-state index in [1.165, 1.54) is 24.5 Å². The van der Waals surface area contributed by atoms with Crippen LogP contribution in [0.1, 0.15) is 27.0 Å². The van der Waals surface area contributed by atoms with Crippen LogP contribution in [0.25, 0.3) is 0 Å². The molecule has 0 fully saturated rings. The lowest BCUT2D eigenvalue weighted by Gasteiger charge is -2.10. The lowest BCUT2D eigenvalue weighted by atomic mass is 10.1. The molecule has 0 aliphatic rings. The molecule has 0 saturated carbocycles. The minimum Gasteiger partial charge on any atom is -0.348 e. The molecular weight excluding hydrogens is 369 g/mol. The number of aromatic nitrogens is 2. The van der Waals surface area contributed by atoms with Gasteiger partial charge in [0.05, 0.1) is 11.1 Å². The highest BCUT2D eigenvalue weighted by atomic mass is 19.4. The molecular formula is C20H17F3N4O. The topological polar surface area (TPSA) is 66.9 Å². The fraction of sp³-hybridized carbons (Fsp3) is 0.150. The van der Waals surface area contributed by atoms with E-state index < -0.39 is 11.7 Å². The van der Waals surface area contributed by atoms with Crippen LogP contribution in [0.15, 0.2) is 60.9 Å². The average Bonchev–Trinajstić information content (AvgIpc) is 2.66. The first kappa shape index (κ1) is 19.3. The number of hydrogen-bond acceptors (Lipinski definition) is 4. The Kier molecular flexibility index (Phi) is 5.58. The monoisotopic (exact) mass is 386 g/mol. The van der Waals surface area contributed by atoms with Crippen LogP contribution in [0.3, 0.4) is 0 Å². The van der Waals surface area contributed by atoms with Gasteiger partial charge < -0.3 is 10.6 Å². The number of anilines is 2. The SMILES string of the molecule is Cc1cccc(CNC(=O)c2cnc(Nc3cccc(C(F)(F)F)c3)nc2)c1. The quantitative estimate of drug-likeness (QED) is 0.679. The molecule has 1 amide bonds. The van der Waals surface area contributed by atoms with E-state index in [0.717, 1.165) is 23.3 Å². The Labute approximate surface area is 159 Å². The summed E-state index contributed by atoms with van der Waals surface area (Å²) in [6.07, 6.45) is -1.80. The number of nitrogens with one attached hydrogen (secondary N) is 2. The summed E-state index contributed by atoms with van der Waals surface area (Å²) in [5, 5.41) is 5.46. The number of alkyl halides is 3. The molecule has 2 aromatic carbocycles. The van der Waals surface area contributed by atoms with Crippen LogP contribution >= 0.6 is 0 Å². The Morgan fingerprint density at radius 2 is 1.75 bits per heavy atom. The van der Waals surface area contributed by atoms with Crippen LogP contribution in [0.5, 0.6) is 0 Å². The maximum Gasteiger partial charge on any atom is 0.416 e. The van der Waals surface area contributed by atoms with Crippen molar-refractivity contribution in [2.24, 2.45) is 0 Å². The molecule has 5 nitrogen and oxygen atoms in total. The van der Waals surface area contributed by atoms with Crippen molar-refractivity contribution in [1.29, 1.82) is 0 Å². The van der Waals surface area contributed by atoms with Gasteiger partial charge in [0.15, 0.2) is 0 Å². The van der Waals surface area contributed by atoms with E-state index in [-0.39, 0.29) is 23.1 Å². The molecule has 0 spiro atoms. The van der Waals surface area contributed by atoms with Crippen LogP contribution in [0.2, 0.25) is 0 Å². The molecule has 0 aliphatic heterocycles. The minimum atomic E-state index is -4.43. The second kappa shape index (κ2) is 8.08. The average molecular weight is 386 g/mol. The fourth-order valence-electron chi connectivity index (χ4n) is 2.52. The first-order chi connectivity index (χ1) is 13.3. The second-order valence-corrected chi connectivity index (χ2v) is 6.17. The minimum absolute atomic E-state index is 0.0922. The highest BCUT2D eigenvalue weighted by molar-refractivity contribution is 5.93. The number of amides is 1. The van der Waals surface area contributed by atoms with E-state index in [0.29, 0.717) is 6.54 Å². The van der Waals surface area contributed by atoms with Crippen molar-refractivity contribution in [1.82, 2.24) is 15.3 Å². The first-order valence-electron chi connectivity index (χ1n) is 8.41. The van der Waals surface area contributed by atoms with Crippen molar-refractivity contribution in [2.75, 3.05) is 5.32 Å². The van der Waals surface area contributed by atoms with Crippen molar-refractivity contribution in [3.05, 3.63) is 83.2 Å². The lowest BCUT2D eigenvalue weighted by Crippen LogP contribution is -2.23. The number of carbonyl (C=O) groups excluding carboxylic acids is 1. The van der Waals surface area contributed by atoms with Gasteiger partial charge in [0.2, 0.25) is 5.95 Å². The third-order valence-corrected chi connectivity index (χ3v) is 3.90. The van der Waals surface area contributed by atoms with E-state index in [1.807, 2.05) is 31.2 Å². The van der Waals surface area contributed by atoms with E-state index in [9.17, 15) is 18.0 Å². The van der Waals surface area contributed by atoms with Gasteiger partial charge in [-0.05, 0) is 30.7 Å². The number of aryl methyl sites for hydroxylation is 1. The standard InChI is InChI=1S/C20H17F3N4O/c1-13-4-2-5-14(8-13)10-24-18(28)15-11-25-19(26-12-15)27-17-7-3-6-16(9-17)20(21,22)23/h2-9,11-12H,10H2,1H3,(H,24,28)(H,25,26,27). The lowest BCUT2D eigenvalue weighted by molar-refractivity contribution is -0.137. The number of nitrogens with zero attached hydrogens (tertiary/aromatic N) is 2. The maximum absolute atomic E-state index is 12.8. The molecule has 0 aliphatic carbocycles. The van der Waals surface area contributed by atoms with Crippen molar-refractivity contribution < 1.29 is 18.0 Å². The van der Waals surface area contributed by atoms with Gasteiger partial charge >= 0.3 is 6.18 Å². The van der Waals surface area contributed by atoms with Gasteiger partial charge in [-0.3, -0.25) is 4.79 Å². The molecule has 0 saturated heterocycles. The molecule has 1 aromatic heterocycles. The molecule has 0 radical (unpaired) electrons. The summed E-state index contributed by atoms with van der Waals surface area (Å²) >= 11 is 0. The summed E-state index contributed by atoms with van der Waals surface area (Å²) in [4.78, 5) is 20.2.